The van der Waals surface area contributed by atoms with Crippen LogP contribution in [-0.2, 0) is 4.79 Å². The summed E-state index contributed by atoms with van der Waals surface area (Å²) in [7, 11) is 1.34. The second-order valence-corrected chi connectivity index (χ2v) is 6.20. The largest absolute Gasteiger partial charge is 0.490 e. The molecular weight excluding hydrogens is 322 g/mol. The summed E-state index contributed by atoms with van der Waals surface area (Å²) < 4.78 is 4.95. The third kappa shape index (κ3) is 4.57. The minimum atomic E-state index is -0.563. The van der Waals surface area contributed by atoms with Gasteiger partial charge in [-0.2, -0.15) is 5.26 Å². The highest BCUT2D eigenvalue weighted by atomic mass is 16.6. The molecule has 0 spiro atoms. The van der Waals surface area contributed by atoms with Gasteiger partial charge in [0, 0.05) is 12.1 Å². The number of carbonyl (C=O) groups is 1. The number of hydrogen-bond acceptors (Lipinski definition) is 5. The van der Waals surface area contributed by atoms with Crippen molar-refractivity contribution < 1.29 is 14.5 Å². The molecule has 25 heavy (non-hydrogen) atoms. The van der Waals surface area contributed by atoms with Crippen molar-refractivity contribution in [2.24, 2.45) is 5.92 Å². The normalized spacial score (nSPS) is 20.4. The van der Waals surface area contributed by atoms with Crippen LogP contribution < -0.4 is 10.1 Å². The van der Waals surface area contributed by atoms with Crippen molar-refractivity contribution in [2.75, 3.05) is 7.11 Å². The second-order valence-electron chi connectivity index (χ2n) is 6.20. The zero-order chi connectivity index (χ0) is 18.4. The Hall–Kier alpha value is -2.88. The fourth-order valence-electron chi connectivity index (χ4n) is 3.03. The first kappa shape index (κ1) is 18.5. The predicted molar refractivity (Wildman–Crippen MR) is 92.8 cm³/mol. The molecule has 0 radical (unpaired) electrons. The molecule has 1 saturated carbocycles. The number of nitrogens with zero attached hydrogens (tertiary/aromatic N) is 2. The minimum absolute atomic E-state index is 0.0585. The van der Waals surface area contributed by atoms with Gasteiger partial charge in [0.15, 0.2) is 5.75 Å². The topological polar surface area (TPSA) is 105 Å². The van der Waals surface area contributed by atoms with Crippen molar-refractivity contribution in [2.45, 2.75) is 38.6 Å². The summed E-state index contributed by atoms with van der Waals surface area (Å²) >= 11 is 0. The maximum Gasteiger partial charge on any atom is 0.311 e. The van der Waals surface area contributed by atoms with Gasteiger partial charge in [-0.05, 0) is 36.5 Å². The molecule has 0 aliphatic heterocycles. The molecule has 0 saturated heterocycles. The summed E-state index contributed by atoms with van der Waals surface area (Å²) in [4.78, 5) is 22.9. The Bertz CT molecular complexity index is 736. The van der Waals surface area contributed by atoms with E-state index in [4.69, 9.17) is 4.74 Å². The maximum absolute atomic E-state index is 12.4. The molecule has 2 unspecified atom stereocenters. The maximum atomic E-state index is 12.4. The number of carbonyl (C=O) groups excluding carboxylic acids is 1. The number of nitrogens with one attached hydrogen (secondary N) is 1. The SMILES string of the molecule is COc1ccc(C=C(C#N)C(=O)NC2CCCCC2C)cc1[N+](=O)[O-]. The van der Waals surface area contributed by atoms with Crippen LogP contribution in [0.1, 0.15) is 38.2 Å². The smallest absolute Gasteiger partial charge is 0.311 e. The van der Waals surface area contributed by atoms with E-state index in [9.17, 15) is 20.2 Å². The zero-order valence-electron chi connectivity index (χ0n) is 14.3. The molecule has 0 aromatic heterocycles. The Labute approximate surface area is 146 Å². The molecule has 1 amide bonds. The lowest BCUT2D eigenvalue weighted by Gasteiger charge is -2.29. The molecule has 0 bridgehead atoms. The van der Waals surface area contributed by atoms with E-state index in [-0.39, 0.29) is 23.1 Å². The summed E-state index contributed by atoms with van der Waals surface area (Å²) in [6.45, 7) is 2.09. The van der Waals surface area contributed by atoms with E-state index >= 15 is 0 Å². The van der Waals surface area contributed by atoms with Gasteiger partial charge in [-0.1, -0.05) is 25.8 Å². The third-order valence-electron chi connectivity index (χ3n) is 4.50. The summed E-state index contributed by atoms with van der Waals surface area (Å²) in [6.07, 6.45) is 5.53. The highest BCUT2D eigenvalue weighted by Crippen LogP contribution is 2.28. The van der Waals surface area contributed by atoms with Gasteiger partial charge < -0.3 is 10.1 Å². The lowest BCUT2D eigenvalue weighted by molar-refractivity contribution is -0.385. The van der Waals surface area contributed by atoms with E-state index in [1.807, 2.05) is 6.07 Å². The van der Waals surface area contributed by atoms with E-state index in [1.54, 1.807) is 6.07 Å². The molecule has 1 fully saturated rings. The third-order valence-corrected chi connectivity index (χ3v) is 4.50. The van der Waals surface area contributed by atoms with E-state index in [2.05, 4.69) is 12.2 Å². The van der Waals surface area contributed by atoms with Crippen LogP contribution in [-0.4, -0.2) is 24.0 Å². The van der Waals surface area contributed by atoms with Crippen LogP contribution in [0, 0.1) is 27.4 Å². The van der Waals surface area contributed by atoms with Gasteiger partial charge in [-0.25, -0.2) is 0 Å². The van der Waals surface area contributed by atoms with Crippen molar-refractivity contribution in [3.63, 3.8) is 0 Å². The molecule has 0 heterocycles. The zero-order valence-corrected chi connectivity index (χ0v) is 14.3. The Morgan fingerprint density at radius 2 is 2.16 bits per heavy atom. The molecule has 1 aromatic rings. The highest BCUT2D eigenvalue weighted by Gasteiger charge is 2.24. The average molecular weight is 343 g/mol. The first-order valence-corrected chi connectivity index (χ1v) is 8.21. The van der Waals surface area contributed by atoms with Crippen molar-refractivity contribution >= 4 is 17.7 Å². The molecule has 1 N–H and O–H groups in total. The van der Waals surface area contributed by atoms with Crippen LogP contribution in [0.2, 0.25) is 0 Å². The van der Waals surface area contributed by atoms with E-state index in [1.165, 1.54) is 25.3 Å². The van der Waals surface area contributed by atoms with Crippen LogP contribution in [0.25, 0.3) is 6.08 Å². The van der Waals surface area contributed by atoms with Crippen molar-refractivity contribution in [1.82, 2.24) is 5.32 Å². The van der Waals surface area contributed by atoms with Crippen LogP contribution in [0.5, 0.6) is 5.75 Å². The number of amides is 1. The summed E-state index contributed by atoms with van der Waals surface area (Å²) in [5, 5.41) is 23.3. The van der Waals surface area contributed by atoms with Crippen molar-refractivity contribution in [3.05, 3.63) is 39.4 Å². The van der Waals surface area contributed by atoms with E-state index in [0.717, 1.165) is 25.7 Å². The predicted octanol–water partition coefficient (Wildman–Crippen LogP) is 3.21. The Morgan fingerprint density at radius 3 is 2.76 bits per heavy atom. The number of rotatable bonds is 5. The Morgan fingerprint density at radius 1 is 1.44 bits per heavy atom. The molecule has 7 nitrogen and oxygen atoms in total. The van der Waals surface area contributed by atoms with Crippen LogP contribution >= 0.6 is 0 Å². The number of ether oxygens (including phenoxy) is 1. The molecule has 1 aromatic carbocycles. The van der Waals surface area contributed by atoms with Gasteiger partial charge in [-0.3, -0.25) is 14.9 Å². The highest BCUT2D eigenvalue weighted by molar-refractivity contribution is 6.01. The molecule has 1 aliphatic rings. The number of methoxy groups -OCH3 is 1. The van der Waals surface area contributed by atoms with Gasteiger partial charge in [-0.15, -0.1) is 0 Å². The Balaban J connectivity index is 2.22. The van der Waals surface area contributed by atoms with E-state index in [0.29, 0.717) is 11.5 Å². The standard InChI is InChI=1S/C18H21N3O4/c1-12-5-3-4-6-15(12)20-18(22)14(11-19)9-13-7-8-17(25-2)16(10-13)21(23)24/h7-10,12,15H,3-6H2,1-2H3,(H,20,22). The van der Waals surface area contributed by atoms with Gasteiger partial charge in [0.25, 0.3) is 5.91 Å². The second kappa shape index (κ2) is 8.29. The van der Waals surface area contributed by atoms with Gasteiger partial charge in [0.1, 0.15) is 11.6 Å². The van der Waals surface area contributed by atoms with Gasteiger partial charge in [0.2, 0.25) is 0 Å². The van der Waals surface area contributed by atoms with Crippen molar-refractivity contribution in [3.8, 4) is 11.8 Å². The quantitative estimate of drug-likeness (QED) is 0.382. The average Bonchev–Trinajstić information content (AvgIpc) is 2.61. The molecule has 1 aliphatic carbocycles. The van der Waals surface area contributed by atoms with Crippen LogP contribution in [0.3, 0.4) is 0 Å². The number of nitro groups is 1. The molecule has 2 atom stereocenters. The monoisotopic (exact) mass is 343 g/mol. The number of nitro benzene ring substituents is 1. The first-order valence-electron chi connectivity index (χ1n) is 8.21. The van der Waals surface area contributed by atoms with Crippen LogP contribution in [0.4, 0.5) is 5.69 Å². The molecular formula is C18H21N3O4. The van der Waals surface area contributed by atoms with Gasteiger partial charge >= 0.3 is 5.69 Å². The van der Waals surface area contributed by atoms with E-state index < -0.39 is 10.8 Å². The lowest BCUT2D eigenvalue weighted by Crippen LogP contribution is -2.41. The summed E-state index contributed by atoms with van der Waals surface area (Å²) in [5.74, 6) is 0.0561. The van der Waals surface area contributed by atoms with Crippen LogP contribution in [0.15, 0.2) is 23.8 Å². The minimum Gasteiger partial charge on any atom is -0.490 e. The number of nitriles is 1. The molecule has 132 valence electrons. The van der Waals surface area contributed by atoms with Crippen molar-refractivity contribution in [1.29, 1.82) is 5.26 Å². The number of hydrogen-bond donors (Lipinski definition) is 1. The lowest BCUT2D eigenvalue weighted by atomic mass is 9.86. The number of benzene rings is 1. The summed E-state index contributed by atoms with van der Waals surface area (Å²) in [6, 6.07) is 6.24. The fraction of sp³-hybridized carbons (Fsp3) is 0.444. The Kier molecular flexibility index (Phi) is 6.12. The first-order chi connectivity index (χ1) is 12.0. The van der Waals surface area contributed by atoms with Gasteiger partial charge in [0.05, 0.1) is 12.0 Å². The fourth-order valence-corrected chi connectivity index (χ4v) is 3.03. The molecule has 7 heteroatoms. The summed E-state index contributed by atoms with van der Waals surface area (Å²) in [5.41, 5.74) is 0.114. The molecule has 2 rings (SSSR count).